The number of benzene rings is 1. The van der Waals surface area contributed by atoms with Gasteiger partial charge in [0.05, 0.1) is 13.2 Å². The Morgan fingerprint density at radius 2 is 1.72 bits per heavy atom. The van der Waals surface area contributed by atoms with Crippen LogP contribution in [0.4, 0.5) is 0 Å². The SMILES string of the molecule is Cc1cc(C(=O)CN2CCN(C(=O)CCCOc3ccccc3)CC2)c(C)n1C. The van der Waals surface area contributed by atoms with Gasteiger partial charge in [0.2, 0.25) is 5.91 Å². The van der Waals surface area contributed by atoms with Crippen LogP contribution >= 0.6 is 0 Å². The smallest absolute Gasteiger partial charge is 0.222 e. The quantitative estimate of drug-likeness (QED) is 0.508. The summed E-state index contributed by atoms with van der Waals surface area (Å²) in [6.45, 7) is 7.79. The lowest BCUT2D eigenvalue weighted by atomic mass is 10.1. The van der Waals surface area contributed by atoms with Gasteiger partial charge in [-0.25, -0.2) is 0 Å². The Kier molecular flexibility index (Phi) is 7.09. The van der Waals surface area contributed by atoms with Gasteiger partial charge in [0, 0.05) is 56.6 Å². The van der Waals surface area contributed by atoms with Crippen molar-refractivity contribution in [2.45, 2.75) is 26.7 Å². The third-order valence-corrected chi connectivity index (χ3v) is 5.71. The van der Waals surface area contributed by atoms with Crippen molar-refractivity contribution >= 4 is 11.7 Å². The molecule has 0 saturated carbocycles. The zero-order chi connectivity index (χ0) is 20.8. The third kappa shape index (κ3) is 5.48. The van der Waals surface area contributed by atoms with Crippen LogP contribution in [0.15, 0.2) is 36.4 Å². The van der Waals surface area contributed by atoms with Crippen LogP contribution in [0.2, 0.25) is 0 Å². The number of carbonyl (C=O) groups excluding carboxylic acids is 2. The number of ketones is 1. The van der Waals surface area contributed by atoms with Crippen LogP contribution in [0.1, 0.15) is 34.6 Å². The van der Waals surface area contributed by atoms with Crippen molar-refractivity contribution in [1.82, 2.24) is 14.4 Å². The Balaban J connectivity index is 1.37. The summed E-state index contributed by atoms with van der Waals surface area (Å²) < 4.78 is 7.70. The maximum absolute atomic E-state index is 12.7. The summed E-state index contributed by atoms with van der Waals surface area (Å²) in [5, 5.41) is 0. The van der Waals surface area contributed by atoms with Crippen LogP contribution in [0.3, 0.4) is 0 Å². The van der Waals surface area contributed by atoms with Crippen molar-refractivity contribution in [3.05, 3.63) is 53.3 Å². The first kappa shape index (κ1) is 21.1. The minimum absolute atomic E-state index is 0.157. The Hall–Kier alpha value is -2.60. The molecule has 1 saturated heterocycles. The number of hydrogen-bond donors (Lipinski definition) is 0. The maximum Gasteiger partial charge on any atom is 0.222 e. The zero-order valence-electron chi connectivity index (χ0n) is 17.7. The van der Waals surface area contributed by atoms with Crippen molar-refractivity contribution < 1.29 is 14.3 Å². The lowest BCUT2D eigenvalue weighted by Gasteiger charge is -2.34. The molecule has 1 aromatic heterocycles. The standard InChI is InChI=1S/C23H31N3O3/c1-18-16-21(19(2)24(18)3)22(27)17-25-11-13-26(14-12-25)23(28)10-7-15-29-20-8-5-4-6-9-20/h4-6,8-9,16H,7,10-15,17H2,1-3H3. The molecule has 0 bridgehead atoms. The summed E-state index contributed by atoms with van der Waals surface area (Å²) in [7, 11) is 1.98. The number of piperazine rings is 1. The second-order valence-corrected chi connectivity index (χ2v) is 7.69. The fraction of sp³-hybridized carbons (Fsp3) is 0.478. The molecule has 156 valence electrons. The highest BCUT2D eigenvalue weighted by Gasteiger charge is 2.23. The summed E-state index contributed by atoms with van der Waals surface area (Å²) in [5.41, 5.74) is 2.92. The lowest BCUT2D eigenvalue weighted by molar-refractivity contribution is -0.133. The number of hydrogen-bond acceptors (Lipinski definition) is 4. The Labute approximate surface area is 173 Å². The number of aryl methyl sites for hydroxylation is 1. The van der Waals surface area contributed by atoms with Gasteiger partial charge in [0.25, 0.3) is 0 Å². The van der Waals surface area contributed by atoms with E-state index in [1.165, 1.54) is 0 Å². The van der Waals surface area contributed by atoms with Gasteiger partial charge in [-0.05, 0) is 38.5 Å². The first-order chi connectivity index (χ1) is 14.0. The molecule has 0 atom stereocenters. The van der Waals surface area contributed by atoms with Crippen LogP contribution in [0.25, 0.3) is 0 Å². The molecule has 1 fully saturated rings. The molecule has 1 aliphatic rings. The van der Waals surface area contributed by atoms with Gasteiger partial charge in [0.15, 0.2) is 5.78 Å². The van der Waals surface area contributed by atoms with E-state index in [-0.39, 0.29) is 11.7 Å². The van der Waals surface area contributed by atoms with Gasteiger partial charge in [-0.3, -0.25) is 14.5 Å². The topological polar surface area (TPSA) is 54.8 Å². The lowest BCUT2D eigenvalue weighted by Crippen LogP contribution is -2.49. The number of Topliss-reactive ketones (excluding diaryl/α,β-unsaturated/α-hetero) is 1. The van der Waals surface area contributed by atoms with Gasteiger partial charge in [0.1, 0.15) is 5.75 Å². The normalized spacial score (nSPS) is 14.8. The average Bonchev–Trinajstić information content (AvgIpc) is 3.00. The van der Waals surface area contributed by atoms with Gasteiger partial charge < -0.3 is 14.2 Å². The molecule has 0 aliphatic carbocycles. The van der Waals surface area contributed by atoms with Crippen LogP contribution in [-0.4, -0.2) is 65.4 Å². The fourth-order valence-corrected chi connectivity index (χ4v) is 3.67. The molecule has 0 unspecified atom stereocenters. The van der Waals surface area contributed by atoms with E-state index in [9.17, 15) is 9.59 Å². The van der Waals surface area contributed by atoms with E-state index in [0.29, 0.717) is 39.1 Å². The molecule has 6 nitrogen and oxygen atoms in total. The molecule has 0 N–H and O–H groups in total. The van der Waals surface area contributed by atoms with Crippen molar-refractivity contribution in [3.63, 3.8) is 0 Å². The summed E-state index contributed by atoms with van der Waals surface area (Å²) in [6.07, 6.45) is 1.20. The predicted octanol–water partition coefficient (Wildman–Crippen LogP) is 2.83. The van der Waals surface area contributed by atoms with Gasteiger partial charge in [-0.1, -0.05) is 18.2 Å². The zero-order valence-corrected chi connectivity index (χ0v) is 17.7. The third-order valence-electron chi connectivity index (χ3n) is 5.71. The summed E-state index contributed by atoms with van der Waals surface area (Å²) in [5.74, 6) is 1.16. The van der Waals surface area contributed by atoms with E-state index in [1.807, 2.05) is 66.8 Å². The highest BCUT2D eigenvalue weighted by molar-refractivity contribution is 5.99. The molecule has 1 amide bonds. The first-order valence-electron chi connectivity index (χ1n) is 10.3. The predicted molar refractivity (Wildman–Crippen MR) is 113 cm³/mol. The minimum atomic E-state index is 0.157. The van der Waals surface area contributed by atoms with Crippen LogP contribution in [0, 0.1) is 13.8 Å². The van der Waals surface area contributed by atoms with E-state index in [4.69, 9.17) is 4.74 Å². The molecule has 1 aromatic carbocycles. The fourth-order valence-electron chi connectivity index (χ4n) is 3.67. The van der Waals surface area contributed by atoms with E-state index < -0.39 is 0 Å². The molecule has 0 radical (unpaired) electrons. The van der Waals surface area contributed by atoms with Gasteiger partial charge >= 0.3 is 0 Å². The van der Waals surface area contributed by atoms with Crippen molar-refractivity contribution in [3.8, 4) is 5.75 Å². The average molecular weight is 398 g/mol. The second kappa shape index (κ2) is 9.74. The highest BCUT2D eigenvalue weighted by atomic mass is 16.5. The first-order valence-corrected chi connectivity index (χ1v) is 10.3. The molecular weight excluding hydrogens is 366 g/mol. The molecule has 0 spiro atoms. The molecule has 29 heavy (non-hydrogen) atoms. The van der Waals surface area contributed by atoms with Crippen molar-refractivity contribution in [2.75, 3.05) is 39.3 Å². The van der Waals surface area contributed by atoms with Crippen molar-refractivity contribution in [1.29, 1.82) is 0 Å². The van der Waals surface area contributed by atoms with E-state index in [0.717, 1.165) is 35.8 Å². The Morgan fingerprint density at radius 3 is 2.34 bits per heavy atom. The van der Waals surface area contributed by atoms with E-state index >= 15 is 0 Å². The van der Waals surface area contributed by atoms with Crippen LogP contribution in [0.5, 0.6) is 5.75 Å². The monoisotopic (exact) mass is 397 g/mol. The number of rotatable bonds is 8. The number of para-hydroxylation sites is 1. The van der Waals surface area contributed by atoms with Crippen LogP contribution in [-0.2, 0) is 11.8 Å². The Morgan fingerprint density at radius 1 is 1.03 bits per heavy atom. The van der Waals surface area contributed by atoms with E-state index in [2.05, 4.69) is 4.90 Å². The molecular formula is C23H31N3O3. The Bertz CT molecular complexity index is 837. The molecule has 6 heteroatoms. The molecule has 2 heterocycles. The van der Waals surface area contributed by atoms with E-state index in [1.54, 1.807) is 0 Å². The molecule has 2 aromatic rings. The number of nitrogens with zero attached hydrogens (tertiary/aromatic N) is 3. The second-order valence-electron chi connectivity index (χ2n) is 7.69. The maximum atomic E-state index is 12.7. The highest BCUT2D eigenvalue weighted by Crippen LogP contribution is 2.15. The molecule has 1 aliphatic heterocycles. The largest absolute Gasteiger partial charge is 0.494 e. The number of ether oxygens (including phenoxy) is 1. The van der Waals surface area contributed by atoms with Gasteiger partial charge in [-0.15, -0.1) is 0 Å². The summed E-state index contributed by atoms with van der Waals surface area (Å²) >= 11 is 0. The summed E-state index contributed by atoms with van der Waals surface area (Å²) in [6, 6.07) is 11.6. The minimum Gasteiger partial charge on any atom is -0.494 e. The van der Waals surface area contributed by atoms with Crippen LogP contribution < -0.4 is 4.74 Å². The number of aromatic nitrogens is 1. The van der Waals surface area contributed by atoms with Gasteiger partial charge in [-0.2, -0.15) is 0 Å². The number of carbonyl (C=O) groups is 2. The van der Waals surface area contributed by atoms with Crippen molar-refractivity contribution in [2.24, 2.45) is 7.05 Å². The molecule has 3 rings (SSSR count). The summed E-state index contributed by atoms with van der Waals surface area (Å²) in [4.78, 5) is 29.1. The number of amides is 1.